The minimum atomic E-state index is 0.261. The van der Waals surface area contributed by atoms with Crippen molar-refractivity contribution in [1.29, 1.82) is 0 Å². The van der Waals surface area contributed by atoms with Crippen LogP contribution in [0.5, 0.6) is 0 Å². The molecule has 3 unspecified atom stereocenters. The van der Waals surface area contributed by atoms with Crippen LogP contribution in [0.2, 0.25) is 0 Å². The van der Waals surface area contributed by atoms with Gasteiger partial charge in [0.25, 0.3) is 0 Å². The van der Waals surface area contributed by atoms with Crippen molar-refractivity contribution in [2.75, 3.05) is 32.5 Å². The van der Waals surface area contributed by atoms with E-state index < -0.39 is 0 Å². The third-order valence-corrected chi connectivity index (χ3v) is 5.61. The maximum Gasteiger partial charge on any atom is 0.0564 e. The van der Waals surface area contributed by atoms with Gasteiger partial charge in [-0.05, 0) is 64.9 Å². The molecule has 1 fully saturated rings. The molecular weight excluding hydrogens is 256 g/mol. The number of thioether (sulfide) groups is 1. The lowest BCUT2D eigenvalue weighted by atomic mass is 9.89. The van der Waals surface area contributed by atoms with Crippen LogP contribution in [0.15, 0.2) is 0 Å². The zero-order valence-electron chi connectivity index (χ0n) is 13.1. The molecule has 19 heavy (non-hydrogen) atoms. The van der Waals surface area contributed by atoms with Gasteiger partial charge in [0.15, 0.2) is 0 Å². The highest BCUT2D eigenvalue weighted by Gasteiger charge is 2.25. The van der Waals surface area contributed by atoms with Gasteiger partial charge in [0, 0.05) is 17.3 Å². The molecule has 3 atom stereocenters. The van der Waals surface area contributed by atoms with E-state index in [1.165, 1.54) is 38.9 Å². The summed E-state index contributed by atoms with van der Waals surface area (Å²) in [6.07, 6.45) is 5.96. The highest BCUT2D eigenvalue weighted by molar-refractivity contribution is 7.99. The molecule has 1 aliphatic heterocycles. The average Bonchev–Trinajstić information content (AvgIpc) is 2.41. The van der Waals surface area contributed by atoms with E-state index in [2.05, 4.69) is 37.2 Å². The van der Waals surface area contributed by atoms with Crippen molar-refractivity contribution in [3.8, 4) is 0 Å². The zero-order valence-corrected chi connectivity index (χ0v) is 13.9. The highest BCUT2D eigenvalue weighted by Crippen LogP contribution is 2.22. The zero-order chi connectivity index (χ0) is 14.3. The third-order valence-electron chi connectivity index (χ3n) is 4.45. The minimum Gasteiger partial charge on any atom is -0.395 e. The first-order chi connectivity index (χ1) is 9.12. The maximum atomic E-state index is 9.35. The van der Waals surface area contributed by atoms with Gasteiger partial charge in [-0.3, -0.25) is 0 Å². The molecule has 0 amide bonds. The fourth-order valence-electron chi connectivity index (χ4n) is 3.09. The van der Waals surface area contributed by atoms with Gasteiger partial charge in [-0.25, -0.2) is 0 Å². The normalized spacial score (nSPS) is 23.2. The summed E-state index contributed by atoms with van der Waals surface area (Å²) in [5.74, 6) is 0.789. The van der Waals surface area contributed by atoms with Crippen LogP contribution in [0.25, 0.3) is 0 Å². The molecule has 3 nitrogen and oxygen atoms in total. The Morgan fingerprint density at radius 1 is 1.32 bits per heavy atom. The number of rotatable bonds is 8. The highest BCUT2D eigenvalue weighted by atomic mass is 32.2. The molecule has 114 valence electrons. The molecular formula is C15H32N2OS. The Morgan fingerprint density at radius 2 is 1.95 bits per heavy atom. The van der Waals surface area contributed by atoms with Gasteiger partial charge in [0.2, 0.25) is 0 Å². The van der Waals surface area contributed by atoms with E-state index in [0.717, 1.165) is 5.92 Å². The number of hydrogen-bond donors (Lipinski definition) is 2. The smallest absolute Gasteiger partial charge is 0.0564 e. The first-order valence-electron chi connectivity index (χ1n) is 7.74. The SMILES string of the molecule is CCCN1CCC(C(C)NC(C)C(CO)SC)CC1. The minimum absolute atomic E-state index is 0.261. The molecule has 0 radical (unpaired) electrons. The lowest BCUT2D eigenvalue weighted by Gasteiger charge is -2.37. The molecule has 0 aromatic rings. The first kappa shape index (κ1) is 17.3. The lowest BCUT2D eigenvalue weighted by molar-refractivity contribution is 0.157. The Morgan fingerprint density at radius 3 is 2.42 bits per heavy atom. The molecule has 1 rings (SSSR count). The van der Waals surface area contributed by atoms with E-state index in [1.54, 1.807) is 11.8 Å². The van der Waals surface area contributed by atoms with Crippen molar-refractivity contribution in [3.05, 3.63) is 0 Å². The number of aliphatic hydroxyl groups is 1. The summed E-state index contributed by atoms with van der Waals surface area (Å²) in [5, 5.41) is 13.4. The van der Waals surface area contributed by atoms with Crippen molar-refractivity contribution >= 4 is 11.8 Å². The molecule has 0 aliphatic carbocycles. The van der Waals surface area contributed by atoms with Crippen LogP contribution in [0.4, 0.5) is 0 Å². The van der Waals surface area contributed by atoms with Crippen LogP contribution in [-0.4, -0.2) is 59.8 Å². The van der Waals surface area contributed by atoms with E-state index in [1.807, 2.05) is 0 Å². The van der Waals surface area contributed by atoms with Crippen molar-refractivity contribution in [2.24, 2.45) is 5.92 Å². The van der Waals surface area contributed by atoms with Crippen molar-refractivity contribution in [3.63, 3.8) is 0 Å². The number of nitrogens with one attached hydrogen (secondary N) is 1. The molecule has 0 aromatic heterocycles. The predicted molar refractivity (Wildman–Crippen MR) is 85.9 cm³/mol. The lowest BCUT2D eigenvalue weighted by Crippen LogP contribution is -2.48. The van der Waals surface area contributed by atoms with Crippen LogP contribution >= 0.6 is 11.8 Å². The summed E-state index contributed by atoms with van der Waals surface area (Å²) in [4.78, 5) is 2.59. The van der Waals surface area contributed by atoms with Crippen LogP contribution in [0.3, 0.4) is 0 Å². The second kappa shape index (κ2) is 9.22. The number of hydrogen-bond acceptors (Lipinski definition) is 4. The predicted octanol–water partition coefficient (Wildman–Crippen LogP) is 2.20. The van der Waals surface area contributed by atoms with Crippen LogP contribution in [0, 0.1) is 5.92 Å². The fourth-order valence-corrected chi connectivity index (χ4v) is 3.72. The fraction of sp³-hybridized carbons (Fsp3) is 1.00. The summed E-state index contributed by atoms with van der Waals surface area (Å²) in [6, 6.07) is 0.934. The summed E-state index contributed by atoms with van der Waals surface area (Å²) in [6.45, 7) is 10.8. The second-order valence-electron chi connectivity index (χ2n) is 5.88. The Hall–Kier alpha value is 0.230. The number of nitrogens with zero attached hydrogens (tertiary/aromatic N) is 1. The number of piperidine rings is 1. The standard InChI is InChI=1S/C15H32N2OS/c1-5-8-17-9-6-14(7-10-17)12(2)16-13(3)15(11-18)19-4/h12-16,18H,5-11H2,1-4H3. The van der Waals surface area contributed by atoms with Crippen molar-refractivity contribution in [1.82, 2.24) is 10.2 Å². The quantitative estimate of drug-likeness (QED) is 0.718. The van der Waals surface area contributed by atoms with Crippen LogP contribution in [-0.2, 0) is 0 Å². The number of likely N-dealkylation sites (tertiary alicyclic amines) is 1. The molecule has 0 saturated carbocycles. The first-order valence-corrected chi connectivity index (χ1v) is 9.03. The van der Waals surface area contributed by atoms with Gasteiger partial charge in [-0.15, -0.1) is 0 Å². The van der Waals surface area contributed by atoms with E-state index in [9.17, 15) is 5.11 Å². The summed E-state index contributed by atoms with van der Waals surface area (Å²) < 4.78 is 0. The molecule has 0 aromatic carbocycles. The Bertz CT molecular complexity index is 228. The van der Waals surface area contributed by atoms with Crippen LogP contribution < -0.4 is 5.32 Å². The summed E-state index contributed by atoms with van der Waals surface area (Å²) in [5.41, 5.74) is 0. The van der Waals surface area contributed by atoms with Gasteiger partial charge < -0.3 is 15.3 Å². The second-order valence-corrected chi connectivity index (χ2v) is 6.96. The Kier molecular flexibility index (Phi) is 8.38. The monoisotopic (exact) mass is 288 g/mol. The van der Waals surface area contributed by atoms with E-state index >= 15 is 0 Å². The Balaban J connectivity index is 2.32. The summed E-state index contributed by atoms with van der Waals surface area (Å²) >= 11 is 1.75. The van der Waals surface area contributed by atoms with Gasteiger partial charge in [-0.1, -0.05) is 6.92 Å². The molecule has 1 aliphatic rings. The van der Waals surface area contributed by atoms with Crippen molar-refractivity contribution in [2.45, 2.75) is 57.4 Å². The number of aliphatic hydroxyl groups excluding tert-OH is 1. The molecule has 1 heterocycles. The van der Waals surface area contributed by atoms with E-state index in [4.69, 9.17) is 0 Å². The Labute approximate surface area is 123 Å². The molecule has 0 bridgehead atoms. The molecule has 0 spiro atoms. The van der Waals surface area contributed by atoms with E-state index in [0.29, 0.717) is 17.3 Å². The van der Waals surface area contributed by atoms with Gasteiger partial charge in [-0.2, -0.15) is 11.8 Å². The van der Waals surface area contributed by atoms with Gasteiger partial charge >= 0.3 is 0 Å². The largest absolute Gasteiger partial charge is 0.395 e. The maximum absolute atomic E-state index is 9.35. The molecule has 2 N–H and O–H groups in total. The molecule has 1 saturated heterocycles. The summed E-state index contributed by atoms with van der Waals surface area (Å²) in [7, 11) is 0. The van der Waals surface area contributed by atoms with Crippen molar-refractivity contribution < 1.29 is 5.11 Å². The average molecular weight is 289 g/mol. The molecule has 4 heteroatoms. The van der Waals surface area contributed by atoms with Crippen LogP contribution in [0.1, 0.15) is 40.0 Å². The van der Waals surface area contributed by atoms with Gasteiger partial charge in [0.1, 0.15) is 0 Å². The topological polar surface area (TPSA) is 35.5 Å². The van der Waals surface area contributed by atoms with Gasteiger partial charge in [0.05, 0.1) is 6.61 Å². The van der Waals surface area contributed by atoms with E-state index in [-0.39, 0.29) is 6.61 Å². The third kappa shape index (κ3) is 5.62.